The van der Waals surface area contributed by atoms with Crippen LogP contribution in [0.5, 0.6) is 5.75 Å². The second-order valence-electron chi connectivity index (χ2n) is 5.03. The third kappa shape index (κ3) is 7.41. The highest BCUT2D eigenvalue weighted by Gasteiger charge is 2.26. The van der Waals surface area contributed by atoms with E-state index in [9.17, 15) is 0 Å². The molecule has 0 radical (unpaired) electrons. The van der Waals surface area contributed by atoms with Crippen molar-refractivity contribution < 1.29 is 4.43 Å². The first-order chi connectivity index (χ1) is 8.64. The van der Waals surface area contributed by atoms with Crippen molar-refractivity contribution in [3.63, 3.8) is 0 Å². The molecule has 18 heavy (non-hydrogen) atoms. The van der Waals surface area contributed by atoms with E-state index in [0.717, 1.165) is 5.75 Å². The summed E-state index contributed by atoms with van der Waals surface area (Å²) in [5, 5.41) is 0. The average molecular weight is 376 g/mol. The normalized spacial score (nSPS) is 14.2. The molecule has 0 aliphatic carbocycles. The molecule has 0 saturated carbocycles. The van der Waals surface area contributed by atoms with Gasteiger partial charge in [0.2, 0.25) is 0 Å². The van der Waals surface area contributed by atoms with Crippen molar-refractivity contribution in [1.29, 1.82) is 0 Å². The molecule has 1 atom stereocenters. The first kappa shape index (κ1) is 16.0. The van der Waals surface area contributed by atoms with Crippen LogP contribution in [0.25, 0.3) is 0 Å². The summed E-state index contributed by atoms with van der Waals surface area (Å²) in [6, 6.07) is 11.5. The fourth-order valence-electron chi connectivity index (χ4n) is 2.01. The van der Waals surface area contributed by atoms with Crippen molar-refractivity contribution >= 4 is 27.6 Å². The maximum absolute atomic E-state index is 6.16. The molecule has 0 spiro atoms. The van der Waals surface area contributed by atoms with Crippen molar-refractivity contribution in [2.24, 2.45) is 0 Å². The van der Waals surface area contributed by atoms with E-state index in [-0.39, 0.29) is 0 Å². The van der Waals surface area contributed by atoms with Crippen LogP contribution in [0.1, 0.15) is 45.4 Å². The van der Waals surface area contributed by atoms with Crippen LogP contribution in [0.3, 0.4) is 0 Å². The Hall–Kier alpha value is -0.0331. The molecule has 1 nitrogen and oxygen atoms in total. The lowest BCUT2D eigenvalue weighted by atomic mass is 10.1. The van der Waals surface area contributed by atoms with Crippen LogP contribution in [0, 0.1) is 0 Å². The lowest BCUT2D eigenvalue weighted by Gasteiger charge is -2.22. The van der Waals surface area contributed by atoms with Gasteiger partial charge in [0.1, 0.15) is 5.75 Å². The maximum Gasteiger partial charge on any atom is 0.313 e. The molecule has 0 N–H and O–H groups in total. The Morgan fingerprint density at radius 1 is 1.00 bits per heavy atom. The minimum Gasteiger partial charge on any atom is -0.534 e. The number of unbranched alkanes of at least 4 members (excludes halogenated alkanes) is 5. The zero-order chi connectivity index (χ0) is 13.3. The van der Waals surface area contributed by atoms with Gasteiger partial charge in [0.15, 0.2) is 0 Å². The van der Waals surface area contributed by atoms with E-state index in [0.29, 0.717) is 0 Å². The Balaban J connectivity index is 2.19. The van der Waals surface area contributed by atoms with Gasteiger partial charge in [-0.2, -0.15) is 0 Å². The predicted molar refractivity (Wildman–Crippen MR) is 90.9 cm³/mol. The third-order valence-electron chi connectivity index (χ3n) is 3.05. The molecule has 0 aliphatic rings. The van der Waals surface area contributed by atoms with Crippen molar-refractivity contribution in [2.75, 3.05) is 0 Å². The predicted octanol–water partition coefficient (Wildman–Crippen LogP) is 5.93. The van der Waals surface area contributed by atoms with Crippen molar-refractivity contribution in [1.82, 2.24) is 0 Å². The van der Waals surface area contributed by atoms with E-state index in [1.165, 1.54) is 44.6 Å². The molecular formula is C15H25IOSi. The van der Waals surface area contributed by atoms with Gasteiger partial charge in [-0.25, -0.2) is 0 Å². The lowest BCUT2D eigenvalue weighted by molar-refractivity contribution is 0.555. The Bertz CT molecular complexity index is 314. The first-order valence-corrected chi connectivity index (χ1v) is 12.8. The number of benzene rings is 1. The maximum atomic E-state index is 6.16. The fourth-order valence-corrected chi connectivity index (χ4v) is 5.52. The summed E-state index contributed by atoms with van der Waals surface area (Å²) in [4.78, 5) is 0. The van der Waals surface area contributed by atoms with E-state index < -0.39 is 5.81 Å². The van der Waals surface area contributed by atoms with Gasteiger partial charge in [0.25, 0.3) is 0 Å². The van der Waals surface area contributed by atoms with Gasteiger partial charge in [0.05, 0.1) is 0 Å². The highest BCUT2D eigenvalue weighted by Crippen LogP contribution is 2.26. The molecule has 102 valence electrons. The van der Waals surface area contributed by atoms with E-state index in [1.54, 1.807) is 0 Å². The molecule has 0 amide bonds. The molecule has 1 rings (SSSR count). The zero-order valence-corrected chi connectivity index (χ0v) is 14.8. The summed E-state index contributed by atoms with van der Waals surface area (Å²) in [5.74, 6) is -0.508. The molecule has 3 heteroatoms. The molecule has 0 aromatic heterocycles. The van der Waals surface area contributed by atoms with Gasteiger partial charge >= 0.3 is 5.81 Å². The number of hydrogen-bond donors (Lipinski definition) is 0. The minimum absolute atomic E-state index is 1.03. The zero-order valence-electron chi connectivity index (χ0n) is 11.6. The van der Waals surface area contributed by atoms with Gasteiger partial charge in [0, 0.05) is 0 Å². The average Bonchev–Trinajstić information content (AvgIpc) is 2.34. The van der Waals surface area contributed by atoms with Crippen molar-refractivity contribution in [3.05, 3.63) is 30.3 Å². The Morgan fingerprint density at radius 2 is 1.61 bits per heavy atom. The Kier molecular flexibility index (Phi) is 7.98. The Labute approximate surface area is 126 Å². The summed E-state index contributed by atoms with van der Waals surface area (Å²) < 4.78 is 6.16. The molecule has 1 unspecified atom stereocenters. The smallest absolute Gasteiger partial charge is 0.313 e. The summed E-state index contributed by atoms with van der Waals surface area (Å²) in [6.45, 7) is 4.58. The van der Waals surface area contributed by atoms with Crippen molar-refractivity contribution in [2.45, 2.75) is 58.0 Å². The van der Waals surface area contributed by atoms with Gasteiger partial charge < -0.3 is 4.43 Å². The van der Waals surface area contributed by atoms with Gasteiger partial charge in [-0.1, -0.05) is 85.4 Å². The fraction of sp³-hybridized carbons (Fsp3) is 0.600. The second-order valence-corrected chi connectivity index (χ2v) is 14.8. The number of hydrogen-bond acceptors (Lipinski definition) is 1. The topological polar surface area (TPSA) is 9.23 Å². The van der Waals surface area contributed by atoms with Gasteiger partial charge in [-0.15, -0.1) is 0 Å². The van der Waals surface area contributed by atoms with Crippen LogP contribution in [0.15, 0.2) is 30.3 Å². The van der Waals surface area contributed by atoms with Crippen LogP contribution in [0.2, 0.25) is 12.6 Å². The molecule has 1 aromatic carbocycles. The van der Waals surface area contributed by atoms with Crippen LogP contribution >= 0.6 is 21.8 Å². The summed E-state index contributed by atoms with van der Waals surface area (Å²) >= 11 is 2.56. The van der Waals surface area contributed by atoms with Crippen LogP contribution in [-0.2, 0) is 0 Å². The quantitative estimate of drug-likeness (QED) is 0.225. The van der Waals surface area contributed by atoms with E-state index in [1.807, 2.05) is 18.2 Å². The SMILES string of the molecule is CCCCCCCC[Si](C)(I)Oc1ccccc1. The molecule has 0 bridgehead atoms. The molecule has 0 heterocycles. The molecule has 0 fully saturated rings. The molecule has 0 aliphatic heterocycles. The van der Waals surface area contributed by atoms with Crippen LogP contribution < -0.4 is 4.43 Å². The first-order valence-electron chi connectivity index (χ1n) is 7.07. The largest absolute Gasteiger partial charge is 0.534 e. The number of para-hydroxylation sites is 1. The summed E-state index contributed by atoms with van der Waals surface area (Å²) in [5.41, 5.74) is 0. The van der Waals surface area contributed by atoms with E-state index >= 15 is 0 Å². The second kappa shape index (κ2) is 8.96. The number of rotatable bonds is 9. The highest BCUT2D eigenvalue weighted by atomic mass is 127. The lowest BCUT2D eigenvalue weighted by Crippen LogP contribution is -2.30. The molecule has 0 saturated heterocycles. The van der Waals surface area contributed by atoms with Gasteiger partial charge in [-0.05, 0) is 24.7 Å². The Morgan fingerprint density at radius 3 is 2.28 bits per heavy atom. The van der Waals surface area contributed by atoms with Crippen molar-refractivity contribution in [3.8, 4) is 5.75 Å². The molecule has 1 aromatic rings. The standard InChI is InChI=1S/C15H25IOSi/c1-3-4-5-6-7-11-14-18(2,16)17-15-12-9-8-10-13-15/h8-10,12-13H,3-7,11,14H2,1-2H3. The van der Waals surface area contributed by atoms with E-state index in [4.69, 9.17) is 4.43 Å². The van der Waals surface area contributed by atoms with Crippen LogP contribution in [0.4, 0.5) is 0 Å². The molecular weight excluding hydrogens is 351 g/mol. The third-order valence-corrected chi connectivity index (χ3v) is 7.24. The van der Waals surface area contributed by atoms with E-state index in [2.05, 4.69) is 47.4 Å². The number of halogens is 1. The van der Waals surface area contributed by atoms with Crippen LogP contribution in [-0.4, -0.2) is 5.81 Å². The van der Waals surface area contributed by atoms with Gasteiger partial charge in [-0.3, -0.25) is 0 Å². The summed E-state index contributed by atoms with van der Waals surface area (Å²) in [6.07, 6.45) is 8.19. The highest BCUT2D eigenvalue weighted by molar-refractivity contribution is 14.1. The summed E-state index contributed by atoms with van der Waals surface area (Å²) in [7, 11) is 0. The monoisotopic (exact) mass is 376 g/mol. The minimum atomic E-state index is -1.54.